The second-order valence-corrected chi connectivity index (χ2v) is 5.31. The highest BCUT2D eigenvalue weighted by Crippen LogP contribution is 2.29. The number of hydrogen-bond acceptors (Lipinski definition) is 5. The number of nitrogens with zero attached hydrogens (tertiary/aromatic N) is 2. The van der Waals surface area contributed by atoms with Crippen LogP contribution < -0.4 is 5.32 Å². The molecule has 0 unspecified atom stereocenters. The summed E-state index contributed by atoms with van der Waals surface area (Å²) in [5.41, 5.74) is 1.35. The molecule has 0 fully saturated rings. The molecule has 0 spiro atoms. The number of aromatic nitrogens is 2. The number of rotatable bonds is 8. The van der Waals surface area contributed by atoms with Gasteiger partial charge in [-0.25, -0.2) is 0 Å². The molecule has 0 saturated heterocycles. The summed E-state index contributed by atoms with van der Waals surface area (Å²) in [5, 5.41) is 6.13. The van der Waals surface area contributed by atoms with Gasteiger partial charge in [0.25, 0.3) is 0 Å². The quantitative estimate of drug-likeness (QED) is 0.735. The van der Waals surface area contributed by atoms with E-state index in [1.165, 1.54) is 0 Å². The number of ether oxygens (including phenoxy) is 1. The van der Waals surface area contributed by atoms with Gasteiger partial charge in [0.05, 0.1) is 0 Å². The van der Waals surface area contributed by atoms with Gasteiger partial charge in [-0.1, -0.05) is 29.4 Å². The van der Waals surface area contributed by atoms with Crippen molar-refractivity contribution < 1.29 is 27.2 Å². The van der Waals surface area contributed by atoms with Gasteiger partial charge >= 0.3 is 12.1 Å². The van der Waals surface area contributed by atoms with Gasteiger partial charge in [0.2, 0.25) is 11.7 Å². The van der Waals surface area contributed by atoms with Crippen LogP contribution in [-0.4, -0.2) is 36.3 Å². The second-order valence-electron chi connectivity index (χ2n) is 5.31. The van der Waals surface area contributed by atoms with E-state index < -0.39 is 12.1 Å². The molecule has 2 rings (SSSR count). The molecule has 2 aromatic rings. The number of halogens is 3. The van der Waals surface area contributed by atoms with Crippen LogP contribution in [0.2, 0.25) is 0 Å². The smallest absolute Gasteiger partial charge is 0.385 e. The summed E-state index contributed by atoms with van der Waals surface area (Å²) in [6.07, 6.45) is -2.98. The number of carbonyl (C=O) groups is 1. The van der Waals surface area contributed by atoms with E-state index in [-0.39, 0.29) is 11.7 Å². The Morgan fingerprint density at radius 3 is 2.60 bits per heavy atom. The Balaban J connectivity index is 1.84. The van der Waals surface area contributed by atoms with Gasteiger partial charge in [-0.2, -0.15) is 18.2 Å². The summed E-state index contributed by atoms with van der Waals surface area (Å²) >= 11 is 0. The van der Waals surface area contributed by atoms with Crippen LogP contribution >= 0.6 is 0 Å². The van der Waals surface area contributed by atoms with E-state index in [0.29, 0.717) is 38.0 Å². The summed E-state index contributed by atoms with van der Waals surface area (Å²) in [7, 11) is 1.58. The number of hydrogen-bond donors (Lipinski definition) is 1. The van der Waals surface area contributed by atoms with Crippen molar-refractivity contribution in [2.24, 2.45) is 0 Å². The first-order chi connectivity index (χ1) is 11.9. The first kappa shape index (κ1) is 18.9. The second kappa shape index (κ2) is 8.61. The molecule has 1 heterocycles. The van der Waals surface area contributed by atoms with E-state index in [9.17, 15) is 18.0 Å². The summed E-state index contributed by atoms with van der Waals surface area (Å²) in [6, 6.07) is 6.72. The maximum absolute atomic E-state index is 12.4. The van der Waals surface area contributed by atoms with Crippen LogP contribution in [0, 0.1) is 0 Å². The molecule has 1 amide bonds. The Hall–Kier alpha value is -2.42. The molecule has 1 aromatic heterocycles. The van der Waals surface area contributed by atoms with Crippen LogP contribution in [0.3, 0.4) is 0 Å². The van der Waals surface area contributed by atoms with E-state index in [4.69, 9.17) is 4.74 Å². The lowest BCUT2D eigenvalue weighted by Gasteiger charge is -2.05. The minimum Gasteiger partial charge on any atom is -0.385 e. The highest BCUT2D eigenvalue weighted by Gasteiger charge is 2.38. The zero-order chi connectivity index (χ0) is 18.3. The van der Waals surface area contributed by atoms with Gasteiger partial charge in [-0.3, -0.25) is 4.79 Å². The largest absolute Gasteiger partial charge is 0.471 e. The predicted molar refractivity (Wildman–Crippen MR) is 82.6 cm³/mol. The minimum atomic E-state index is -4.66. The lowest BCUT2D eigenvalue weighted by molar-refractivity contribution is -0.159. The molecule has 1 N–H and O–H groups in total. The van der Waals surface area contributed by atoms with Gasteiger partial charge in [0, 0.05) is 32.2 Å². The number of nitrogens with one attached hydrogen (secondary N) is 1. The highest BCUT2D eigenvalue weighted by atomic mass is 19.4. The summed E-state index contributed by atoms with van der Waals surface area (Å²) in [6.45, 7) is 1.02. The monoisotopic (exact) mass is 357 g/mol. The molecule has 0 radical (unpaired) electrons. The van der Waals surface area contributed by atoms with Gasteiger partial charge in [0.1, 0.15) is 0 Å². The Kier molecular flexibility index (Phi) is 6.51. The number of alkyl halides is 3. The zero-order valence-corrected chi connectivity index (χ0v) is 13.6. The normalized spacial score (nSPS) is 11.5. The lowest BCUT2D eigenvalue weighted by Crippen LogP contribution is -2.25. The molecule has 6 nitrogen and oxygen atoms in total. The van der Waals surface area contributed by atoms with Crippen LogP contribution in [0.15, 0.2) is 28.8 Å². The molecule has 0 aliphatic carbocycles. The third-order valence-electron chi connectivity index (χ3n) is 3.37. The van der Waals surface area contributed by atoms with E-state index in [1.807, 2.05) is 0 Å². The molecular formula is C16H18F3N3O3. The summed E-state index contributed by atoms with van der Waals surface area (Å²) in [4.78, 5) is 14.9. The Morgan fingerprint density at radius 2 is 2.00 bits per heavy atom. The zero-order valence-electron chi connectivity index (χ0n) is 13.6. The molecule has 0 saturated carbocycles. The van der Waals surface area contributed by atoms with Crippen LogP contribution in [-0.2, 0) is 22.1 Å². The van der Waals surface area contributed by atoms with Crippen LogP contribution in [0.4, 0.5) is 13.2 Å². The summed E-state index contributed by atoms with van der Waals surface area (Å²) in [5.74, 6) is -1.53. The van der Waals surface area contributed by atoms with E-state index in [2.05, 4.69) is 20.0 Å². The first-order valence-electron chi connectivity index (χ1n) is 7.66. The van der Waals surface area contributed by atoms with Crippen molar-refractivity contribution >= 4 is 5.91 Å². The van der Waals surface area contributed by atoms with Gasteiger partial charge in [-0.15, -0.1) is 0 Å². The van der Waals surface area contributed by atoms with Crippen molar-refractivity contribution in [3.05, 3.63) is 35.7 Å². The molecule has 0 atom stereocenters. The van der Waals surface area contributed by atoms with Crippen molar-refractivity contribution in [2.45, 2.75) is 25.4 Å². The molecule has 0 aliphatic rings. The Labute approximate surface area is 142 Å². The van der Waals surface area contributed by atoms with Crippen molar-refractivity contribution in [1.29, 1.82) is 0 Å². The molecule has 25 heavy (non-hydrogen) atoms. The fourth-order valence-electron chi connectivity index (χ4n) is 2.09. The molecule has 0 bridgehead atoms. The fraction of sp³-hybridized carbons (Fsp3) is 0.438. The van der Waals surface area contributed by atoms with Crippen molar-refractivity contribution in [3.63, 3.8) is 0 Å². The van der Waals surface area contributed by atoms with E-state index >= 15 is 0 Å². The molecule has 9 heteroatoms. The number of amides is 1. The topological polar surface area (TPSA) is 77.2 Å². The molecule has 1 aromatic carbocycles. The summed E-state index contributed by atoms with van der Waals surface area (Å²) < 4.78 is 46.4. The van der Waals surface area contributed by atoms with Gasteiger partial charge < -0.3 is 14.6 Å². The Morgan fingerprint density at radius 1 is 1.28 bits per heavy atom. The standard InChI is InChI=1S/C16H18F3N3O3/c1-24-10-2-3-13(23)20-9-8-11-4-6-12(7-5-11)14-21-15(25-22-14)16(17,18)19/h4-7H,2-3,8-10H2,1H3,(H,20,23). The van der Waals surface area contributed by atoms with Gasteiger partial charge in [-0.05, 0) is 18.4 Å². The molecule has 0 aliphatic heterocycles. The first-order valence-corrected chi connectivity index (χ1v) is 7.66. The van der Waals surface area contributed by atoms with Crippen LogP contribution in [0.5, 0.6) is 0 Å². The van der Waals surface area contributed by atoms with E-state index in [1.54, 1.807) is 31.4 Å². The molecular weight excluding hydrogens is 339 g/mol. The third kappa shape index (κ3) is 5.86. The van der Waals surface area contributed by atoms with Crippen LogP contribution in [0.1, 0.15) is 24.3 Å². The lowest BCUT2D eigenvalue weighted by atomic mass is 10.1. The van der Waals surface area contributed by atoms with Crippen molar-refractivity contribution in [1.82, 2.24) is 15.5 Å². The predicted octanol–water partition coefficient (Wildman–Crippen LogP) is 2.84. The average molecular weight is 357 g/mol. The maximum Gasteiger partial charge on any atom is 0.471 e. The number of methoxy groups -OCH3 is 1. The maximum atomic E-state index is 12.4. The van der Waals surface area contributed by atoms with Gasteiger partial charge in [0.15, 0.2) is 0 Å². The van der Waals surface area contributed by atoms with E-state index in [0.717, 1.165) is 5.56 Å². The SMILES string of the molecule is COCCCC(=O)NCCc1ccc(-c2noc(C(F)(F)F)n2)cc1. The fourth-order valence-corrected chi connectivity index (χ4v) is 2.09. The van der Waals surface area contributed by atoms with Crippen molar-refractivity contribution in [3.8, 4) is 11.4 Å². The van der Waals surface area contributed by atoms with Crippen molar-refractivity contribution in [2.75, 3.05) is 20.3 Å². The minimum absolute atomic E-state index is 0.0415. The average Bonchev–Trinajstić information content (AvgIpc) is 3.06. The third-order valence-corrected chi connectivity index (χ3v) is 3.37. The molecule has 136 valence electrons. The Bertz CT molecular complexity index is 684. The number of carbonyl (C=O) groups excluding carboxylic acids is 1. The van der Waals surface area contributed by atoms with Crippen LogP contribution in [0.25, 0.3) is 11.4 Å². The number of benzene rings is 1. The highest BCUT2D eigenvalue weighted by molar-refractivity contribution is 5.75.